The summed E-state index contributed by atoms with van der Waals surface area (Å²) in [7, 11) is 0. The number of piperidine rings is 1. The zero-order valence-electron chi connectivity index (χ0n) is 10.1. The largest absolute Gasteiger partial charge is 0.301 e. The van der Waals surface area contributed by atoms with E-state index >= 15 is 0 Å². The molecule has 0 aromatic carbocycles. The predicted octanol–water partition coefficient (Wildman–Crippen LogP) is 2.12. The molecule has 2 rings (SSSR count). The van der Waals surface area contributed by atoms with Crippen LogP contribution in [0.25, 0.3) is 0 Å². The number of rotatable bonds is 3. The standard InChI is InChI=1S/C11H15F2N3OS/c1-8-7-18-10(14-8)15-9(17)6-16-4-2-11(12,13)3-5-16/h7H,2-6H2,1H3,(H,14,15,17). The first-order valence-corrected chi connectivity index (χ1v) is 6.65. The highest BCUT2D eigenvalue weighted by atomic mass is 32.1. The molecule has 2 heterocycles. The molecule has 4 nitrogen and oxygen atoms in total. The Kier molecular flexibility index (Phi) is 3.91. The second-order valence-corrected chi connectivity index (χ2v) is 5.33. The van der Waals surface area contributed by atoms with E-state index in [9.17, 15) is 13.6 Å². The second-order valence-electron chi connectivity index (χ2n) is 4.47. The molecule has 1 saturated heterocycles. The lowest BCUT2D eigenvalue weighted by molar-refractivity contribution is -0.119. The van der Waals surface area contributed by atoms with E-state index in [0.717, 1.165) is 5.69 Å². The monoisotopic (exact) mass is 275 g/mol. The Morgan fingerprint density at radius 2 is 2.22 bits per heavy atom. The Hall–Kier alpha value is -1.08. The fourth-order valence-corrected chi connectivity index (χ4v) is 2.52. The lowest BCUT2D eigenvalue weighted by Gasteiger charge is -2.30. The number of aryl methyl sites for hydroxylation is 1. The maximum atomic E-state index is 12.9. The quantitative estimate of drug-likeness (QED) is 0.919. The molecule has 0 saturated carbocycles. The van der Waals surface area contributed by atoms with Crippen molar-refractivity contribution in [3.8, 4) is 0 Å². The Labute approximate surface area is 108 Å². The summed E-state index contributed by atoms with van der Waals surface area (Å²) in [6, 6.07) is 0. The van der Waals surface area contributed by atoms with Gasteiger partial charge in [-0.2, -0.15) is 0 Å². The van der Waals surface area contributed by atoms with Crippen LogP contribution in [0.15, 0.2) is 5.38 Å². The van der Waals surface area contributed by atoms with E-state index in [1.54, 1.807) is 4.90 Å². The van der Waals surface area contributed by atoms with Crippen molar-refractivity contribution in [3.63, 3.8) is 0 Å². The van der Waals surface area contributed by atoms with Crippen LogP contribution in [0.1, 0.15) is 18.5 Å². The van der Waals surface area contributed by atoms with E-state index in [1.807, 2.05) is 12.3 Å². The molecule has 1 aliphatic rings. The molecule has 0 unspecified atom stereocenters. The van der Waals surface area contributed by atoms with Gasteiger partial charge in [0.15, 0.2) is 5.13 Å². The van der Waals surface area contributed by atoms with Crippen LogP contribution in [0.5, 0.6) is 0 Å². The molecule has 7 heteroatoms. The topological polar surface area (TPSA) is 45.2 Å². The molecule has 0 radical (unpaired) electrons. The maximum Gasteiger partial charge on any atom is 0.250 e. The van der Waals surface area contributed by atoms with Crippen LogP contribution >= 0.6 is 11.3 Å². The first-order chi connectivity index (χ1) is 8.44. The average Bonchev–Trinajstić information content (AvgIpc) is 2.67. The number of aromatic nitrogens is 1. The van der Waals surface area contributed by atoms with Gasteiger partial charge in [0.25, 0.3) is 5.92 Å². The van der Waals surface area contributed by atoms with E-state index in [4.69, 9.17) is 0 Å². The molecule has 100 valence electrons. The Morgan fingerprint density at radius 1 is 1.56 bits per heavy atom. The van der Waals surface area contributed by atoms with Gasteiger partial charge in [-0.3, -0.25) is 9.69 Å². The average molecular weight is 275 g/mol. The number of hydrogen-bond acceptors (Lipinski definition) is 4. The first-order valence-electron chi connectivity index (χ1n) is 5.77. The molecule has 1 aromatic rings. The SMILES string of the molecule is Cc1csc(NC(=O)CN2CCC(F)(F)CC2)n1. The van der Waals surface area contributed by atoms with Crippen LogP contribution in [0.2, 0.25) is 0 Å². The Balaban J connectivity index is 1.78. The van der Waals surface area contributed by atoms with Crippen LogP contribution in [-0.2, 0) is 4.79 Å². The van der Waals surface area contributed by atoms with Crippen LogP contribution in [-0.4, -0.2) is 41.3 Å². The maximum absolute atomic E-state index is 12.9. The van der Waals surface area contributed by atoms with Crippen molar-refractivity contribution in [2.24, 2.45) is 0 Å². The highest BCUT2D eigenvalue weighted by molar-refractivity contribution is 7.13. The number of carbonyl (C=O) groups is 1. The predicted molar refractivity (Wildman–Crippen MR) is 66.1 cm³/mol. The van der Waals surface area contributed by atoms with E-state index in [-0.39, 0.29) is 38.4 Å². The van der Waals surface area contributed by atoms with Gasteiger partial charge in [-0.15, -0.1) is 11.3 Å². The first kappa shape index (κ1) is 13.4. The summed E-state index contributed by atoms with van der Waals surface area (Å²) in [4.78, 5) is 17.5. The van der Waals surface area contributed by atoms with Gasteiger partial charge in [-0.05, 0) is 6.92 Å². The van der Waals surface area contributed by atoms with Gasteiger partial charge in [0.1, 0.15) is 0 Å². The van der Waals surface area contributed by atoms with Crippen LogP contribution in [0, 0.1) is 6.92 Å². The van der Waals surface area contributed by atoms with Gasteiger partial charge in [0, 0.05) is 31.3 Å². The lowest BCUT2D eigenvalue weighted by Crippen LogP contribution is -2.42. The summed E-state index contributed by atoms with van der Waals surface area (Å²) < 4.78 is 25.9. The molecule has 0 aliphatic carbocycles. The lowest BCUT2D eigenvalue weighted by atomic mass is 10.1. The van der Waals surface area contributed by atoms with Gasteiger partial charge >= 0.3 is 0 Å². The van der Waals surface area contributed by atoms with E-state index < -0.39 is 5.92 Å². The normalized spacial score (nSPS) is 19.7. The van der Waals surface area contributed by atoms with Crippen LogP contribution < -0.4 is 5.32 Å². The molecule has 1 N–H and O–H groups in total. The van der Waals surface area contributed by atoms with Crippen molar-refractivity contribution in [3.05, 3.63) is 11.1 Å². The third kappa shape index (κ3) is 3.71. The highest BCUT2D eigenvalue weighted by Gasteiger charge is 2.34. The van der Waals surface area contributed by atoms with Gasteiger partial charge < -0.3 is 5.32 Å². The molecule has 0 bridgehead atoms. The number of likely N-dealkylation sites (tertiary alicyclic amines) is 1. The fraction of sp³-hybridized carbons (Fsp3) is 0.636. The number of nitrogens with zero attached hydrogens (tertiary/aromatic N) is 2. The molecular formula is C11H15F2N3OS. The van der Waals surface area contributed by atoms with Gasteiger partial charge in [-0.25, -0.2) is 13.8 Å². The molecule has 0 atom stereocenters. The minimum Gasteiger partial charge on any atom is -0.301 e. The summed E-state index contributed by atoms with van der Waals surface area (Å²) in [6.07, 6.45) is -0.340. The molecule has 18 heavy (non-hydrogen) atoms. The molecule has 1 aromatic heterocycles. The van der Waals surface area contributed by atoms with Crippen LogP contribution in [0.4, 0.5) is 13.9 Å². The van der Waals surface area contributed by atoms with Crippen molar-refractivity contribution in [2.45, 2.75) is 25.7 Å². The summed E-state index contributed by atoms with van der Waals surface area (Å²) in [5, 5.41) is 5.07. The van der Waals surface area contributed by atoms with Crippen molar-refractivity contribution in [2.75, 3.05) is 25.0 Å². The zero-order chi connectivity index (χ0) is 13.2. The zero-order valence-corrected chi connectivity index (χ0v) is 10.9. The number of carbonyl (C=O) groups excluding carboxylic acids is 1. The number of anilines is 1. The molecular weight excluding hydrogens is 260 g/mol. The fourth-order valence-electron chi connectivity index (χ4n) is 1.81. The molecule has 0 spiro atoms. The van der Waals surface area contributed by atoms with Crippen molar-refractivity contribution >= 4 is 22.4 Å². The number of halogens is 2. The van der Waals surface area contributed by atoms with E-state index in [1.165, 1.54) is 11.3 Å². The van der Waals surface area contributed by atoms with E-state index in [2.05, 4.69) is 10.3 Å². The van der Waals surface area contributed by atoms with Crippen molar-refractivity contribution in [1.82, 2.24) is 9.88 Å². The number of hydrogen-bond donors (Lipinski definition) is 1. The minimum absolute atomic E-state index is 0.148. The molecule has 1 aliphatic heterocycles. The van der Waals surface area contributed by atoms with Crippen molar-refractivity contribution < 1.29 is 13.6 Å². The minimum atomic E-state index is -2.57. The van der Waals surface area contributed by atoms with Crippen molar-refractivity contribution in [1.29, 1.82) is 0 Å². The summed E-state index contributed by atoms with van der Waals surface area (Å²) in [5.41, 5.74) is 0.855. The number of thiazole rings is 1. The third-order valence-electron chi connectivity index (χ3n) is 2.82. The second kappa shape index (κ2) is 5.27. The Morgan fingerprint density at radius 3 is 2.78 bits per heavy atom. The Bertz CT molecular complexity index is 426. The number of amides is 1. The molecule has 1 amide bonds. The smallest absolute Gasteiger partial charge is 0.250 e. The van der Waals surface area contributed by atoms with E-state index in [0.29, 0.717) is 5.13 Å². The molecule has 1 fully saturated rings. The summed E-state index contributed by atoms with van der Waals surface area (Å²) in [5.74, 6) is -2.77. The van der Waals surface area contributed by atoms with Gasteiger partial charge in [-0.1, -0.05) is 0 Å². The summed E-state index contributed by atoms with van der Waals surface area (Å²) >= 11 is 1.36. The van der Waals surface area contributed by atoms with Crippen LogP contribution in [0.3, 0.4) is 0 Å². The number of alkyl halides is 2. The highest BCUT2D eigenvalue weighted by Crippen LogP contribution is 2.27. The number of nitrogens with one attached hydrogen (secondary N) is 1. The van der Waals surface area contributed by atoms with Gasteiger partial charge in [0.2, 0.25) is 5.91 Å². The third-order valence-corrected chi connectivity index (χ3v) is 3.70. The van der Waals surface area contributed by atoms with Gasteiger partial charge in [0.05, 0.1) is 12.2 Å². The summed E-state index contributed by atoms with van der Waals surface area (Å²) in [6.45, 7) is 2.52.